The standard InChI is InChI=1S/C28H32ClN3O5S/c1-4-26(28(34)30-5-2)31(19-21-10-9-13-24(18-21)37-3)27(33)20-32(23-11-7-6-8-12-23)38(35,36)25-16-14-22(29)15-17-25/h6-18,26H,4-5,19-20H2,1-3H3,(H,30,34)/t26-/m0/s1. The molecule has 0 aromatic heterocycles. The lowest BCUT2D eigenvalue weighted by Gasteiger charge is -2.33. The maximum atomic E-state index is 13.9. The molecule has 0 radical (unpaired) electrons. The first-order chi connectivity index (χ1) is 18.2. The number of rotatable bonds is 12. The Morgan fingerprint density at radius 2 is 1.66 bits per heavy atom. The molecule has 10 heteroatoms. The van der Waals surface area contributed by atoms with Crippen LogP contribution in [0, 0.1) is 0 Å². The maximum absolute atomic E-state index is 13.9. The zero-order chi connectivity index (χ0) is 27.7. The quantitative estimate of drug-likeness (QED) is 0.354. The minimum Gasteiger partial charge on any atom is -0.497 e. The van der Waals surface area contributed by atoms with E-state index in [9.17, 15) is 18.0 Å². The normalized spacial score (nSPS) is 11.9. The van der Waals surface area contributed by atoms with Crippen LogP contribution in [0.25, 0.3) is 0 Å². The molecule has 0 heterocycles. The number of nitrogens with zero attached hydrogens (tertiary/aromatic N) is 2. The highest BCUT2D eigenvalue weighted by Crippen LogP contribution is 2.26. The Hall–Kier alpha value is -3.56. The molecule has 8 nitrogen and oxygen atoms in total. The number of carbonyl (C=O) groups is 2. The highest BCUT2D eigenvalue weighted by molar-refractivity contribution is 7.92. The first-order valence-corrected chi connectivity index (χ1v) is 14.1. The van der Waals surface area contributed by atoms with E-state index in [1.165, 1.54) is 29.2 Å². The van der Waals surface area contributed by atoms with Gasteiger partial charge in [-0.3, -0.25) is 13.9 Å². The molecule has 3 aromatic carbocycles. The summed E-state index contributed by atoms with van der Waals surface area (Å²) in [6, 6.07) is 20.5. The van der Waals surface area contributed by atoms with E-state index in [0.717, 1.165) is 9.87 Å². The minimum absolute atomic E-state index is 0.00586. The second-order valence-electron chi connectivity index (χ2n) is 8.49. The SMILES string of the molecule is CCNC(=O)[C@H](CC)N(Cc1cccc(OC)c1)C(=O)CN(c1ccccc1)S(=O)(=O)c1ccc(Cl)cc1. The zero-order valence-electron chi connectivity index (χ0n) is 21.6. The van der Waals surface area contributed by atoms with Crippen molar-refractivity contribution in [3.63, 3.8) is 0 Å². The van der Waals surface area contributed by atoms with Crippen LogP contribution < -0.4 is 14.4 Å². The van der Waals surface area contributed by atoms with Gasteiger partial charge in [0.25, 0.3) is 10.0 Å². The van der Waals surface area contributed by atoms with Crippen LogP contribution in [0.5, 0.6) is 5.75 Å². The molecule has 0 unspecified atom stereocenters. The molecule has 38 heavy (non-hydrogen) atoms. The van der Waals surface area contributed by atoms with Gasteiger partial charge in [-0.15, -0.1) is 0 Å². The predicted octanol–water partition coefficient (Wildman–Crippen LogP) is 4.49. The van der Waals surface area contributed by atoms with Gasteiger partial charge in [-0.2, -0.15) is 0 Å². The molecule has 0 aliphatic carbocycles. The number of benzene rings is 3. The van der Waals surface area contributed by atoms with Crippen LogP contribution in [-0.4, -0.2) is 51.4 Å². The molecule has 0 saturated heterocycles. The molecular formula is C28H32ClN3O5S. The molecule has 2 amide bonds. The minimum atomic E-state index is -4.14. The summed E-state index contributed by atoms with van der Waals surface area (Å²) in [7, 11) is -2.59. The van der Waals surface area contributed by atoms with E-state index in [0.29, 0.717) is 29.4 Å². The van der Waals surface area contributed by atoms with Crippen LogP contribution in [0.4, 0.5) is 5.69 Å². The molecule has 1 atom stereocenters. The Morgan fingerprint density at radius 3 is 2.26 bits per heavy atom. The predicted molar refractivity (Wildman–Crippen MR) is 149 cm³/mol. The summed E-state index contributed by atoms with van der Waals surface area (Å²) in [4.78, 5) is 28.3. The van der Waals surface area contributed by atoms with Gasteiger partial charge >= 0.3 is 0 Å². The van der Waals surface area contributed by atoms with Crippen LogP contribution >= 0.6 is 11.6 Å². The Bertz CT molecular complexity index is 1330. The number of hydrogen-bond donors (Lipinski definition) is 1. The first-order valence-electron chi connectivity index (χ1n) is 12.2. The number of nitrogens with one attached hydrogen (secondary N) is 1. The second kappa shape index (κ2) is 13.3. The number of sulfonamides is 1. The summed E-state index contributed by atoms with van der Waals surface area (Å²) < 4.78 is 33.8. The molecule has 0 fully saturated rings. The van der Waals surface area contributed by atoms with Crippen LogP contribution in [0.15, 0.2) is 83.8 Å². The largest absolute Gasteiger partial charge is 0.497 e. The fourth-order valence-corrected chi connectivity index (χ4v) is 5.58. The van der Waals surface area contributed by atoms with Crippen molar-refractivity contribution in [2.24, 2.45) is 0 Å². The van der Waals surface area contributed by atoms with Crippen LogP contribution in [0.3, 0.4) is 0 Å². The van der Waals surface area contributed by atoms with E-state index in [1.54, 1.807) is 62.6 Å². The topological polar surface area (TPSA) is 96.0 Å². The summed E-state index contributed by atoms with van der Waals surface area (Å²) in [6.45, 7) is 3.60. The average molecular weight is 558 g/mol. The fourth-order valence-electron chi connectivity index (χ4n) is 4.04. The molecule has 0 aliphatic heterocycles. The summed E-state index contributed by atoms with van der Waals surface area (Å²) >= 11 is 5.97. The second-order valence-corrected chi connectivity index (χ2v) is 10.8. The molecular weight excluding hydrogens is 526 g/mol. The highest BCUT2D eigenvalue weighted by atomic mass is 35.5. The molecule has 0 saturated carbocycles. The lowest BCUT2D eigenvalue weighted by Crippen LogP contribution is -2.52. The van der Waals surface area contributed by atoms with E-state index >= 15 is 0 Å². The molecule has 1 N–H and O–H groups in total. The van der Waals surface area contributed by atoms with Gasteiger partial charge in [-0.25, -0.2) is 8.42 Å². The van der Waals surface area contributed by atoms with Crippen LogP contribution in [-0.2, 0) is 26.2 Å². The molecule has 3 aromatic rings. The van der Waals surface area contributed by atoms with Crippen molar-refractivity contribution < 1.29 is 22.7 Å². The van der Waals surface area contributed by atoms with Crippen molar-refractivity contribution in [3.8, 4) is 5.75 Å². The van der Waals surface area contributed by atoms with E-state index in [-0.39, 0.29) is 17.3 Å². The highest BCUT2D eigenvalue weighted by Gasteiger charge is 2.33. The Morgan fingerprint density at radius 1 is 0.974 bits per heavy atom. The molecule has 0 spiro atoms. The number of amides is 2. The number of likely N-dealkylation sites (N-methyl/N-ethyl adjacent to an activating group) is 1. The Labute approximate surface area is 229 Å². The summed E-state index contributed by atoms with van der Waals surface area (Å²) in [6.07, 6.45) is 0.344. The van der Waals surface area contributed by atoms with Gasteiger partial charge in [-0.1, -0.05) is 48.9 Å². The van der Waals surface area contributed by atoms with Crippen LogP contribution in [0.1, 0.15) is 25.8 Å². The third-order valence-corrected chi connectivity index (χ3v) is 7.99. The lowest BCUT2D eigenvalue weighted by molar-refractivity contribution is -0.140. The van der Waals surface area contributed by atoms with Crippen molar-refractivity contribution in [2.75, 3.05) is 24.5 Å². The van der Waals surface area contributed by atoms with Gasteiger partial charge in [0.1, 0.15) is 18.3 Å². The van der Waals surface area contributed by atoms with Crippen molar-refractivity contribution in [2.45, 2.75) is 37.8 Å². The molecule has 3 rings (SSSR count). The summed E-state index contributed by atoms with van der Waals surface area (Å²) in [5, 5.41) is 3.18. The smallest absolute Gasteiger partial charge is 0.264 e. The number of carbonyl (C=O) groups excluding carboxylic acids is 2. The third-order valence-electron chi connectivity index (χ3n) is 5.95. The number of methoxy groups -OCH3 is 1. The number of ether oxygens (including phenoxy) is 1. The van der Waals surface area contributed by atoms with Crippen molar-refractivity contribution >= 4 is 39.1 Å². The van der Waals surface area contributed by atoms with E-state index in [4.69, 9.17) is 16.3 Å². The average Bonchev–Trinajstić information content (AvgIpc) is 2.92. The molecule has 0 bridgehead atoms. The maximum Gasteiger partial charge on any atom is 0.264 e. The van der Waals surface area contributed by atoms with E-state index < -0.39 is 28.5 Å². The monoisotopic (exact) mass is 557 g/mol. The number of para-hydroxylation sites is 1. The molecule has 0 aliphatic rings. The van der Waals surface area contributed by atoms with Crippen molar-refractivity contribution in [1.82, 2.24) is 10.2 Å². The van der Waals surface area contributed by atoms with Gasteiger partial charge in [0, 0.05) is 18.1 Å². The van der Waals surface area contributed by atoms with E-state index in [1.807, 2.05) is 13.0 Å². The number of hydrogen-bond acceptors (Lipinski definition) is 5. The van der Waals surface area contributed by atoms with E-state index in [2.05, 4.69) is 5.32 Å². The summed E-state index contributed by atoms with van der Waals surface area (Å²) in [5.41, 5.74) is 1.07. The van der Waals surface area contributed by atoms with Gasteiger partial charge in [0.05, 0.1) is 17.7 Å². The lowest BCUT2D eigenvalue weighted by atomic mass is 10.1. The Balaban J connectivity index is 2.04. The molecule has 202 valence electrons. The van der Waals surface area contributed by atoms with Crippen molar-refractivity contribution in [3.05, 3.63) is 89.4 Å². The van der Waals surface area contributed by atoms with Crippen molar-refractivity contribution in [1.29, 1.82) is 0 Å². The fraction of sp³-hybridized carbons (Fsp3) is 0.286. The van der Waals surface area contributed by atoms with Crippen LogP contribution in [0.2, 0.25) is 5.02 Å². The number of anilines is 1. The van der Waals surface area contributed by atoms with Gasteiger partial charge in [0.15, 0.2) is 0 Å². The summed E-state index contributed by atoms with van der Waals surface area (Å²) in [5.74, 6) is -0.220. The zero-order valence-corrected chi connectivity index (χ0v) is 23.2. The third kappa shape index (κ3) is 7.05. The number of halogens is 1. The van der Waals surface area contributed by atoms with Gasteiger partial charge in [-0.05, 0) is 67.4 Å². The Kier molecular flexibility index (Phi) is 10.2. The van der Waals surface area contributed by atoms with Gasteiger partial charge in [0.2, 0.25) is 11.8 Å². The van der Waals surface area contributed by atoms with Gasteiger partial charge < -0.3 is 15.0 Å². The first kappa shape index (κ1) is 29.0.